The van der Waals surface area contributed by atoms with Gasteiger partial charge < -0.3 is 25.4 Å². The van der Waals surface area contributed by atoms with Crippen LogP contribution >= 0.6 is 34.7 Å². The van der Waals surface area contributed by atoms with Crippen LogP contribution in [-0.4, -0.2) is 42.7 Å². The maximum Gasteiger partial charge on any atom is 0.272 e. The van der Waals surface area contributed by atoms with E-state index in [1.807, 2.05) is 23.6 Å². The second-order valence-electron chi connectivity index (χ2n) is 9.86. The molecule has 0 aliphatic rings. The normalized spacial score (nSPS) is 11.0. The minimum atomic E-state index is -0.516. The summed E-state index contributed by atoms with van der Waals surface area (Å²) in [6.45, 7) is 0. The van der Waals surface area contributed by atoms with Crippen LogP contribution in [0.1, 0.15) is 15.9 Å². The number of thiazole rings is 1. The number of halogens is 1. The summed E-state index contributed by atoms with van der Waals surface area (Å²) < 4.78 is 10.7. The number of rotatable bonds is 12. The Morgan fingerprint density at radius 1 is 0.872 bits per heavy atom. The first-order valence-electron chi connectivity index (χ1n) is 14.2. The Balaban J connectivity index is 1.21. The lowest BCUT2D eigenvalue weighted by atomic mass is 10.1. The molecule has 9 nitrogen and oxygen atoms in total. The van der Waals surface area contributed by atoms with Crippen LogP contribution in [0.3, 0.4) is 0 Å². The summed E-state index contributed by atoms with van der Waals surface area (Å²) in [6, 6.07) is 28.1. The first kappa shape index (κ1) is 33.3. The van der Waals surface area contributed by atoms with E-state index in [2.05, 4.69) is 20.9 Å². The molecule has 0 atom stereocenters. The Morgan fingerprint density at radius 3 is 2.38 bits per heavy atom. The summed E-state index contributed by atoms with van der Waals surface area (Å²) in [6.07, 6.45) is 1.57. The number of hydrogen-bond acceptors (Lipinski definition) is 8. The molecule has 0 saturated carbocycles. The third-order valence-electron chi connectivity index (χ3n) is 6.60. The number of nitrogens with one attached hydrogen (secondary N) is 3. The Labute approximate surface area is 285 Å². The van der Waals surface area contributed by atoms with Crippen molar-refractivity contribution >= 4 is 69.3 Å². The maximum absolute atomic E-state index is 13.4. The molecule has 0 saturated heterocycles. The summed E-state index contributed by atoms with van der Waals surface area (Å²) in [5.74, 6) is 0.159. The zero-order valence-corrected chi connectivity index (χ0v) is 27.7. The van der Waals surface area contributed by atoms with E-state index in [9.17, 15) is 14.4 Å². The number of ether oxygens (including phenoxy) is 2. The summed E-state index contributed by atoms with van der Waals surface area (Å²) in [5, 5.41) is 11.3. The Kier molecular flexibility index (Phi) is 11.3. The second-order valence-corrected chi connectivity index (χ2v) is 12.2. The monoisotopic (exact) mass is 684 g/mol. The molecule has 1 aromatic heterocycles. The van der Waals surface area contributed by atoms with Crippen molar-refractivity contribution in [2.75, 3.05) is 30.6 Å². The quantitative estimate of drug-likeness (QED) is 0.0914. The Morgan fingerprint density at radius 2 is 1.64 bits per heavy atom. The van der Waals surface area contributed by atoms with Crippen LogP contribution in [0.15, 0.2) is 113 Å². The van der Waals surface area contributed by atoms with Gasteiger partial charge >= 0.3 is 0 Å². The zero-order valence-electron chi connectivity index (χ0n) is 25.3. The highest BCUT2D eigenvalue weighted by Gasteiger charge is 2.16. The highest BCUT2D eigenvalue weighted by Crippen LogP contribution is 2.33. The Bertz CT molecular complexity index is 1910. The molecule has 0 fully saturated rings. The molecule has 0 bridgehead atoms. The molecule has 47 heavy (non-hydrogen) atoms. The smallest absolute Gasteiger partial charge is 0.272 e. The third kappa shape index (κ3) is 9.23. The van der Waals surface area contributed by atoms with Gasteiger partial charge in [-0.1, -0.05) is 48.0 Å². The van der Waals surface area contributed by atoms with E-state index in [-0.39, 0.29) is 17.4 Å². The van der Waals surface area contributed by atoms with Crippen LogP contribution in [0.5, 0.6) is 11.5 Å². The maximum atomic E-state index is 13.4. The fourth-order valence-electron chi connectivity index (χ4n) is 4.29. The van der Waals surface area contributed by atoms with Crippen molar-refractivity contribution < 1.29 is 23.9 Å². The number of anilines is 2. The van der Waals surface area contributed by atoms with Crippen molar-refractivity contribution in [3.05, 3.63) is 124 Å². The molecule has 0 spiro atoms. The standard InChI is InChI=1S/C35H29ClN4O5S2/c1-44-30-16-13-24(18-31(30)45-2)29-20-47-35(39-29)40-32(41)21-46-27-10-6-9-26(19-27)37-34(43)28(17-22-11-14-25(36)15-12-22)38-33(42)23-7-4-3-5-8-23/h3-20H,21H2,1-2H3,(H,37,43)(H,38,42)(H,39,40,41)/b28-17-. The molecule has 3 amide bonds. The summed E-state index contributed by atoms with van der Waals surface area (Å²) >= 11 is 8.65. The summed E-state index contributed by atoms with van der Waals surface area (Å²) in [4.78, 5) is 44.4. The molecular formula is C35H29ClN4O5S2. The van der Waals surface area contributed by atoms with Gasteiger partial charge in [-0.05, 0) is 72.3 Å². The van der Waals surface area contributed by atoms with Crippen LogP contribution in [-0.2, 0) is 9.59 Å². The largest absolute Gasteiger partial charge is 0.493 e. The van der Waals surface area contributed by atoms with Crippen molar-refractivity contribution in [3.63, 3.8) is 0 Å². The summed E-state index contributed by atoms with van der Waals surface area (Å²) in [7, 11) is 3.14. The molecule has 4 aromatic carbocycles. The molecule has 0 aliphatic heterocycles. The molecule has 0 radical (unpaired) electrons. The number of methoxy groups -OCH3 is 2. The molecule has 3 N–H and O–H groups in total. The van der Waals surface area contributed by atoms with Gasteiger partial charge in [0.15, 0.2) is 16.6 Å². The van der Waals surface area contributed by atoms with Gasteiger partial charge in [-0.3, -0.25) is 14.4 Å². The first-order chi connectivity index (χ1) is 22.8. The lowest BCUT2D eigenvalue weighted by Gasteiger charge is -2.12. The predicted octanol–water partition coefficient (Wildman–Crippen LogP) is 7.62. The molecular weight excluding hydrogens is 656 g/mol. The highest BCUT2D eigenvalue weighted by atomic mass is 35.5. The van der Waals surface area contributed by atoms with Crippen LogP contribution in [0.4, 0.5) is 10.8 Å². The lowest BCUT2D eigenvalue weighted by Crippen LogP contribution is -2.30. The lowest BCUT2D eigenvalue weighted by molar-refractivity contribution is -0.114. The number of aromatic nitrogens is 1. The van der Waals surface area contributed by atoms with E-state index in [0.717, 1.165) is 10.5 Å². The molecule has 0 aliphatic carbocycles. The van der Waals surface area contributed by atoms with Gasteiger partial charge in [0.1, 0.15) is 5.70 Å². The van der Waals surface area contributed by atoms with E-state index < -0.39 is 11.8 Å². The van der Waals surface area contributed by atoms with Gasteiger partial charge in [-0.25, -0.2) is 4.98 Å². The van der Waals surface area contributed by atoms with Crippen LogP contribution in [0, 0.1) is 0 Å². The van der Waals surface area contributed by atoms with Crippen LogP contribution < -0.4 is 25.4 Å². The second kappa shape index (κ2) is 15.9. The minimum absolute atomic E-state index is 0.0505. The topological polar surface area (TPSA) is 119 Å². The zero-order chi connectivity index (χ0) is 33.2. The van der Waals surface area contributed by atoms with Gasteiger partial charge in [0.25, 0.3) is 11.8 Å². The van der Waals surface area contributed by atoms with Gasteiger partial charge in [0.05, 0.1) is 25.7 Å². The number of amides is 3. The fourth-order valence-corrected chi connectivity index (χ4v) is 5.91. The van der Waals surface area contributed by atoms with E-state index in [1.54, 1.807) is 99.2 Å². The Hall–Kier alpha value is -5.10. The average Bonchev–Trinajstić information content (AvgIpc) is 3.56. The number of carbonyl (C=O) groups excluding carboxylic acids is 3. The average molecular weight is 685 g/mol. The molecule has 238 valence electrons. The van der Waals surface area contributed by atoms with Crippen molar-refractivity contribution in [1.82, 2.24) is 10.3 Å². The van der Waals surface area contributed by atoms with E-state index >= 15 is 0 Å². The number of nitrogens with zero attached hydrogens (tertiary/aromatic N) is 1. The molecule has 0 unspecified atom stereocenters. The molecule has 12 heteroatoms. The number of hydrogen-bond donors (Lipinski definition) is 3. The number of carbonyl (C=O) groups is 3. The van der Waals surface area contributed by atoms with Gasteiger partial charge in [0.2, 0.25) is 5.91 Å². The highest BCUT2D eigenvalue weighted by molar-refractivity contribution is 8.00. The predicted molar refractivity (Wildman–Crippen MR) is 188 cm³/mol. The van der Waals surface area contributed by atoms with Gasteiger partial charge in [-0.15, -0.1) is 23.1 Å². The van der Waals surface area contributed by atoms with Gasteiger partial charge in [0, 0.05) is 32.1 Å². The third-order valence-corrected chi connectivity index (χ3v) is 8.60. The molecule has 1 heterocycles. The number of thioether (sulfide) groups is 1. The SMILES string of the molecule is COc1ccc(-c2csc(NC(=O)CSc3cccc(NC(=O)/C(=C/c4ccc(Cl)cc4)NC(=O)c4ccccc4)c3)n2)cc1OC. The van der Waals surface area contributed by atoms with Crippen LogP contribution in [0.2, 0.25) is 5.02 Å². The summed E-state index contributed by atoms with van der Waals surface area (Å²) in [5.41, 5.74) is 3.17. The van der Waals surface area contributed by atoms with Crippen molar-refractivity contribution in [1.29, 1.82) is 0 Å². The van der Waals surface area contributed by atoms with Crippen LogP contribution in [0.25, 0.3) is 17.3 Å². The van der Waals surface area contributed by atoms with Gasteiger partial charge in [-0.2, -0.15) is 0 Å². The molecule has 5 rings (SSSR count). The number of benzene rings is 4. The van der Waals surface area contributed by atoms with Crippen molar-refractivity contribution in [2.45, 2.75) is 4.90 Å². The molecule has 5 aromatic rings. The van der Waals surface area contributed by atoms with Crippen molar-refractivity contribution in [3.8, 4) is 22.8 Å². The van der Waals surface area contributed by atoms with E-state index in [1.165, 1.54) is 23.1 Å². The van der Waals surface area contributed by atoms with Crippen molar-refractivity contribution in [2.24, 2.45) is 0 Å². The fraction of sp³-hybridized carbons (Fsp3) is 0.0857. The minimum Gasteiger partial charge on any atom is -0.493 e. The van der Waals surface area contributed by atoms with E-state index in [0.29, 0.717) is 44.2 Å². The first-order valence-corrected chi connectivity index (χ1v) is 16.4. The van der Waals surface area contributed by atoms with E-state index in [4.69, 9.17) is 21.1 Å².